The van der Waals surface area contributed by atoms with Crippen molar-refractivity contribution in [3.8, 4) is 0 Å². The van der Waals surface area contributed by atoms with Gasteiger partial charge in [-0.2, -0.15) is 0 Å². The van der Waals surface area contributed by atoms with Crippen LogP contribution in [0.4, 0.5) is 10.1 Å². The molecule has 0 amide bonds. The summed E-state index contributed by atoms with van der Waals surface area (Å²) in [5.41, 5.74) is 0.641. The fourth-order valence-corrected chi connectivity index (χ4v) is 1.42. The molecule has 0 heterocycles. The first-order valence-corrected chi connectivity index (χ1v) is 4.34. The molecule has 0 radical (unpaired) electrons. The van der Waals surface area contributed by atoms with E-state index in [9.17, 15) is 14.5 Å². The lowest BCUT2D eigenvalue weighted by Crippen LogP contribution is -1.96. The monoisotopic (exact) mass is 247 g/mol. The van der Waals surface area contributed by atoms with E-state index in [2.05, 4.69) is 15.9 Å². The Labute approximate surface area is 82.8 Å². The van der Waals surface area contributed by atoms with Gasteiger partial charge in [-0.05, 0) is 35.3 Å². The van der Waals surface area contributed by atoms with Gasteiger partial charge in [0.2, 0.25) is 0 Å². The summed E-state index contributed by atoms with van der Waals surface area (Å²) in [5, 5.41) is 10.5. The zero-order valence-corrected chi connectivity index (χ0v) is 8.68. The molecule has 5 heteroatoms. The average molecular weight is 248 g/mol. The number of nitro groups is 1. The first kappa shape index (κ1) is 10.1. The van der Waals surface area contributed by atoms with E-state index < -0.39 is 10.7 Å². The number of hydrogen-bond acceptors (Lipinski definition) is 2. The molecule has 0 aliphatic carbocycles. The summed E-state index contributed by atoms with van der Waals surface area (Å²) in [7, 11) is 0. The van der Waals surface area contributed by atoms with Gasteiger partial charge in [-0.3, -0.25) is 10.1 Å². The molecule has 0 saturated carbocycles. The van der Waals surface area contributed by atoms with Crippen LogP contribution in [0.2, 0.25) is 0 Å². The van der Waals surface area contributed by atoms with Gasteiger partial charge in [-0.25, -0.2) is 4.39 Å². The molecule has 1 rings (SSSR count). The van der Waals surface area contributed by atoms with E-state index >= 15 is 0 Å². The number of hydrogen-bond donors (Lipinski definition) is 0. The maximum Gasteiger partial charge on any atom is 0.276 e. The Hall–Kier alpha value is -0.970. The third-order valence-corrected chi connectivity index (χ3v) is 3.05. The van der Waals surface area contributed by atoms with Crippen molar-refractivity contribution < 1.29 is 9.31 Å². The highest BCUT2D eigenvalue weighted by atomic mass is 79.9. The van der Waals surface area contributed by atoms with Gasteiger partial charge in [0.25, 0.3) is 5.69 Å². The molecule has 0 bridgehead atoms. The van der Waals surface area contributed by atoms with Crippen molar-refractivity contribution in [1.29, 1.82) is 0 Å². The Morgan fingerprint density at radius 2 is 2.00 bits per heavy atom. The van der Waals surface area contributed by atoms with Gasteiger partial charge < -0.3 is 0 Å². The van der Waals surface area contributed by atoms with Crippen LogP contribution >= 0.6 is 15.9 Å². The summed E-state index contributed by atoms with van der Waals surface area (Å²) in [4.78, 5) is 9.86. The molecule has 70 valence electrons. The van der Waals surface area contributed by atoms with E-state index in [4.69, 9.17) is 0 Å². The Balaban J connectivity index is 3.50. The second-order valence-corrected chi connectivity index (χ2v) is 3.49. The molecular weight excluding hydrogens is 241 g/mol. The molecule has 1 aromatic rings. The Bertz CT molecular complexity index is 379. The largest absolute Gasteiger partial charge is 0.276 e. The molecule has 0 aliphatic heterocycles. The molecule has 0 atom stereocenters. The average Bonchev–Trinajstić information content (AvgIpc) is 2.07. The van der Waals surface area contributed by atoms with Crippen LogP contribution in [-0.4, -0.2) is 4.92 Å². The van der Waals surface area contributed by atoms with E-state index in [0.29, 0.717) is 15.6 Å². The van der Waals surface area contributed by atoms with E-state index in [1.165, 1.54) is 0 Å². The summed E-state index contributed by atoms with van der Waals surface area (Å²) in [6.45, 7) is 3.14. The van der Waals surface area contributed by atoms with Gasteiger partial charge in [0.15, 0.2) is 0 Å². The van der Waals surface area contributed by atoms with Crippen molar-refractivity contribution in [2.45, 2.75) is 13.8 Å². The number of halogens is 2. The van der Waals surface area contributed by atoms with Crippen molar-refractivity contribution >= 4 is 21.6 Å². The minimum Gasteiger partial charge on any atom is -0.258 e. The topological polar surface area (TPSA) is 43.1 Å². The SMILES string of the molecule is Cc1c(F)cc([N+](=O)[O-])c(C)c1Br. The fraction of sp³-hybridized carbons (Fsp3) is 0.250. The van der Waals surface area contributed by atoms with Crippen LogP contribution in [0.5, 0.6) is 0 Å². The zero-order valence-electron chi connectivity index (χ0n) is 7.10. The maximum atomic E-state index is 13.0. The van der Waals surface area contributed by atoms with Crippen LogP contribution in [0.1, 0.15) is 11.1 Å². The first-order chi connectivity index (χ1) is 5.95. The molecule has 0 N–H and O–H groups in total. The van der Waals surface area contributed by atoms with Crippen LogP contribution in [0.15, 0.2) is 10.5 Å². The van der Waals surface area contributed by atoms with Crippen LogP contribution in [0, 0.1) is 29.8 Å². The Morgan fingerprint density at radius 3 is 2.46 bits per heavy atom. The second-order valence-electron chi connectivity index (χ2n) is 2.70. The molecule has 0 aliphatic rings. The zero-order chi connectivity index (χ0) is 10.2. The van der Waals surface area contributed by atoms with E-state index in [0.717, 1.165) is 6.07 Å². The maximum absolute atomic E-state index is 13.0. The molecule has 0 unspecified atom stereocenters. The predicted octanol–water partition coefficient (Wildman–Crippen LogP) is 3.11. The van der Waals surface area contributed by atoms with E-state index in [1.807, 2.05) is 0 Å². The van der Waals surface area contributed by atoms with Crippen LogP contribution in [0.25, 0.3) is 0 Å². The number of nitrogens with zero attached hydrogens (tertiary/aromatic N) is 1. The van der Waals surface area contributed by atoms with Crippen molar-refractivity contribution in [3.63, 3.8) is 0 Å². The van der Waals surface area contributed by atoms with Crippen LogP contribution in [-0.2, 0) is 0 Å². The third-order valence-electron chi connectivity index (χ3n) is 1.86. The Morgan fingerprint density at radius 1 is 1.46 bits per heavy atom. The second kappa shape index (κ2) is 3.41. The Kier molecular flexibility index (Phi) is 2.66. The number of rotatable bonds is 1. The lowest BCUT2D eigenvalue weighted by Gasteiger charge is -2.04. The first-order valence-electron chi connectivity index (χ1n) is 3.54. The molecule has 0 aromatic heterocycles. The lowest BCUT2D eigenvalue weighted by atomic mass is 10.1. The number of benzene rings is 1. The smallest absolute Gasteiger partial charge is 0.258 e. The van der Waals surface area contributed by atoms with Crippen LogP contribution < -0.4 is 0 Å². The summed E-state index contributed by atoms with van der Waals surface area (Å²) in [6.07, 6.45) is 0. The quantitative estimate of drug-likeness (QED) is 0.566. The van der Waals surface area contributed by atoms with Crippen molar-refractivity contribution in [2.24, 2.45) is 0 Å². The highest BCUT2D eigenvalue weighted by Crippen LogP contribution is 2.30. The predicted molar refractivity (Wildman–Crippen MR) is 50.2 cm³/mol. The molecule has 1 aromatic carbocycles. The van der Waals surface area contributed by atoms with Gasteiger partial charge in [0.1, 0.15) is 5.82 Å². The molecule has 0 fully saturated rings. The van der Waals surface area contributed by atoms with Crippen molar-refractivity contribution in [3.05, 3.63) is 37.6 Å². The highest BCUT2D eigenvalue weighted by Gasteiger charge is 2.17. The van der Waals surface area contributed by atoms with Crippen molar-refractivity contribution in [2.75, 3.05) is 0 Å². The normalized spacial score (nSPS) is 10.2. The summed E-state index contributed by atoms with van der Waals surface area (Å²) in [6, 6.07) is 0.940. The molecule has 13 heavy (non-hydrogen) atoms. The number of nitro benzene ring substituents is 1. The summed E-state index contributed by atoms with van der Waals surface area (Å²) in [5.74, 6) is -0.566. The molecule has 0 spiro atoms. The molecule has 3 nitrogen and oxygen atoms in total. The lowest BCUT2D eigenvalue weighted by molar-refractivity contribution is -0.385. The highest BCUT2D eigenvalue weighted by molar-refractivity contribution is 9.10. The molecule has 0 saturated heterocycles. The van der Waals surface area contributed by atoms with Gasteiger partial charge in [0.05, 0.1) is 11.0 Å². The van der Waals surface area contributed by atoms with Gasteiger partial charge >= 0.3 is 0 Å². The van der Waals surface area contributed by atoms with Gasteiger partial charge in [-0.1, -0.05) is 0 Å². The van der Waals surface area contributed by atoms with E-state index in [1.54, 1.807) is 13.8 Å². The van der Waals surface area contributed by atoms with Crippen LogP contribution in [0.3, 0.4) is 0 Å². The minimum absolute atomic E-state index is 0.199. The van der Waals surface area contributed by atoms with Gasteiger partial charge in [0, 0.05) is 10.0 Å². The fourth-order valence-electron chi connectivity index (χ4n) is 1.02. The van der Waals surface area contributed by atoms with Crippen molar-refractivity contribution in [1.82, 2.24) is 0 Å². The molecular formula is C8H7BrFNO2. The van der Waals surface area contributed by atoms with E-state index in [-0.39, 0.29) is 5.69 Å². The standard InChI is InChI=1S/C8H7BrFNO2/c1-4-6(10)3-7(11(12)13)5(2)8(4)9/h3H,1-2H3. The van der Waals surface area contributed by atoms with Gasteiger partial charge in [-0.15, -0.1) is 0 Å². The minimum atomic E-state index is -0.595. The third kappa shape index (κ3) is 1.70. The summed E-state index contributed by atoms with van der Waals surface area (Å²) < 4.78 is 13.5. The summed E-state index contributed by atoms with van der Waals surface area (Å²) >= 11 is 3.10.